The second kappa shape index (κ2) is 6.17. The number of fused-ring (bicyclic) bond motifs is 2. The second-order valence-electron chi connectivity index (χ2n) is 6.41. The van der Waals surface area contributed by atoms with Gasteiger partial charge in [0.05, 0.1) is 4.90 Å². The smallest absolute Gasteiger partial charge is 0.286 e. The third-order valence-electron chi connectivity index (χ3n) is 4.69. The number of sulfonamides is 1. The van der Waals surface area contributed by atoms with Crippen LogP contribution >= 0.6 is 0 Å². The molecule has 4 rings (SSSR count). The summed E-state index contributed by atoms with van der Waals surface area (Å²) in [6.07, 6.45) is 4.03. The van der Waals surface area contributed by atoms with Crippen LogP contribution in [0.4, 0.5) is 5.69 Å². The summed E-state index contributed by atoms with van der Waals surface area (Å²) < 4.78 is 33.7. The summed E-state index contributed by atoms with van der Waals surface area (Å²) >= 11 is 0. The van der Waals surface area contributed by atoms with Crippen LogP contribution in [0.25, 0.3) is 11.0 Å². The van der Waals surface area contributed by atoms with Crippen LogP contribution in [0.1, 0.15) is 34.5 Å². The first kappa shape index (κ1) is 16.7. The molecule has 6 nitrogen and oxygen atoms in total. The van der Waals surface area contributed by atoms with Crippen LogP contribution in [0.2, 0.25) is 0 Å². The van der Waals surface area contributed by atoms with Crippen LogP contribution in [0, 0.1) is 0 Å². The number of carbonyl (C=O) groups is 1. The van der Waals surface area contributed by atoms with E-state index in [1.54, 1.807) is 36.4 Å². The lowest BCUT2D eigenvalue weighted by Crippen LogP contribution is -2.18. The molecule has 0 saturated carbocycles. The van der Waals surface area contributed by atoms with Crippen molar-refractivity contribution in [1.82, 2.24) is 0 Å². The van der Waals surface area contributed by atoms with E-state index in [4.69, 9.17) is 10.2 Å². The number of hydrogen-bond donors (Lipinski definition) is 2. The van der Waals surface area contributed by atoms with Gasteiger partial charge in [0.25, 0.3) is 15.9 Å². The van der Waals surface area contributed by atoms with E-state index in [-0.39, 0.29) is 16.3 Å². The van der Waals surface area contributed by atoms with Crippen LogP contribution in [-0.4, -0.2) is 14.3 Å². The molecule has 2 aromatic carbocycles. The number of nitrogens with two attached hydrogens (primary N) is 1. The Morgan fingerprint density at radius 2 is 1.77 bits per heavy atom. The average Bonchev–Trinajstić information content (AvgIpc) is 3.00. The van der Waals surface area contributed by atoms with Crippen LogP contribution in [0.3, 0.4) is 0 Å². The number of hydrogen-bond acceptors (Lipinski definition) is 4. The fourth-order valence-electron chi connectivity index (χ4n) is 3.39. The summed E-state index contributed by atoms with van der Waals surface area (Å²) in [6, 6.07) is 12.0. The minimum absolute atomic E-state index is 0.0748. The highest BCUT2D eigenvalue weighted by Crippen LogP contribution is 2.33. The monoisotopic (exact) mass is 370 g/mol. The van der Waals surface area contributed by atoms with Gasteiger partial charge in [0.2, 0.25) is 5.76 Å². The van der Waals surface area contributed by atoms with Gasteiger partial charge < -0.3 is 10.2 Å². The summed E-state index contributed by atoms with van der Waals surface area (Å²) in [6.45, 7) is 0. The molecule has 0 saturated heterocycles. The number of nitrogens with one attached hydrogen (secondary N) is 1. The summed E-state index contributed by atoms with van der Waals surface area (Å²) in [5.74, 6) is -1.03. The first-order valence-corrected chi connectivity index (χ1v) is 9.90. The average molecular weight is 370 g/mol. The molecule has 3 aromatic rings. The van der Waals surface area contributed by atoms with E-state index < -0.39 is 15.9 Å². The van der Waals surface area contributed by atoms with Gasteiger partial charge in [0, 0.05) is 5.39 Å². The van der Waals surface area contributed by atoms with Crippen LogP contribution < -0.4 is 10.5 Å². The van der Waals surface area contributed by atoms with Crippen molar-refractivity contribution in [3.8, 4) is 0 Å². The Morgan fingerprint density at radius 3 is 2.54 bits per heavy atom. The summed E-state index contributed by atoms with van der Waals surface area (Å²) in [7, 11) is -3.88. The highest BCUT2D eigenvalue weighted by molar-refractivity contribution is 7.92. The Morgan fingerprint density at radius 1 is 1.04 bits per heavy atom. The number of anilines is 1. The van der Waals surface area contributed by atoms with Gasteiger partial charge in [-0.05, 0) is 61.1 Å². The molecule has 1 aliphatic carbocycles. The van der Waals surface area contributed by atoms with Crippen molar-refractivity contribution in [1.29, 1.82) is 0 Å². The summed E-state index contributed by atoms with van der Waals surface area (Å²) in [5.41, 5.74) is 8.08. The Labute approximate surface area is 151 Å². The zero-order valence-corrected chi connectivity index (χ0v) is 14.8. The highest BCUT2D eigenvalue weighted by Gasteiger charge is 2.24. The Hall–Kier alpha value is -2.80. The van der Waals surface area contributed by atoms with Gasteiger partial charge in [-0.1, -0.05) is 18.2 Å². The highest BCUT2D eigenvalue weighted by atomic mass is 32.2. The number of aryl methyl sites for hydroxylation is 2. The van der Waals surface area contributed by atoms with Gasteiger partial charge in [-0.25, -0.2) is 8.42 Å². The molecule has 3 N–H and O–H groups in total. The maximum atomic E-state index is 12.9. The minimum atomic E-state index is -3.88. The van der Waals surface area contributed by atoms with Crippen molar-refractivity contribution in [3.63, 3.8) is 0 Å². The number of amides is 1. The standard InChI is InChI=1S/C19H18N2O4S/c20-19(22)18-17(15-7-3-4-8-16(15)25-18)21-26(23,24)14-10-9-12-5-1-2-6-13(12)11-14/h3-4,7-11,21H,1-2,5-6H2,(H2,20,22). The van der Waals surface area contributed by atoms with Crippen molar-refractivity contribution in [2.45, 2.75) is 30.6 Å². The molecule has 0 bridgehead atoms. The van der Waals surface area contributed by atoms with Crippen molar-refractivity contribution in [2.24, 2.45) is 5.73 Å². The Kier molecular flexibility index (Phi) is 3.96. The van der Waals surface area contributed by atoms with E-state index in [9.17, 15) is 13.2 Å². The van der Waals surface area contributed by atoms with E-state index in [1.807, 2.05) is 6.07 Å². The lowest BCUT2D eigenvalue weighted by Gasteiger charge is -2.17. The molecule has 0 fully saturated rings. The largest absolute Gasteiger partial charge is 0.449 e. The molecule has 1 heterocycles. The third kappa shape index (κ3) is 2.84. The van der Waals surface area contributed by atoms with E-state index in [0.717, 1.165) is 31.2 Å². The zero-order valence-electron chi connectivity index (χ0n) is 14.0. The molecule has 0 unspecified atom stereocenters. The van der Waals surface area contributed by atoms with Crippen molar-refractivity contribution in [3.05, 3.63) is 59.4 Å². The van der Waals surface area contributed by atoms with Gasteiger partial charge in [-0.3, -0.25) is 9.52 Å². The minimum Gasteiger partial charge on any atom is -0.449 e. The number of furan rings is 1. The first-order valence-electron chi connectivity index (χ1n) is 8.42. The van der Waals surface area contributed by atoms with Crippen molar-refractivity contribution < 1.29 is 17.6 Å². The van der Waals surface area contributed by atoms with E-state index in [0.29, 0.717) is 11.0 Å². The summed E-state index contributed by atoms with van der Waals surface area (Å²) in [5, 5.41) is 0.489. The van der Waals surface area contributed by atoms with Gasteiger partial charge >= 0.3 is 0 Å². The number of rotatable bonds is 4. The molecule has 134 valence electrons. The van der Waals surface area contributed by atoms with Gasteiger partial charge in [-0.15, -0.1) is 0 Å². The van der Waals surface area contributed by atoms with Crippen LogP contribution in [0.15, 0.2) is 51.8 Å². The molecule has 1 aliphatic rings. The maximum absolute atomic E-state index is 12.9. The van der Waals surface area contributed by atoms with Crippen molar-refractivity contribution >= 4 is 32.6 Å². The topological polar surface area (TPSA) is 102 Å². The SMILES string of the molecule is NC(=O)c1oc2ccccc2c1NS(=O)(=O)c1ccc2c(c1)CCCC2. The van der Waals surface area contributed by atoms with E-state index >= 15 is 0 Å². The molecule has 26 heavy (non-hydrogen) atoms. The zero-order chi connectivity index (χ0) is 18.3. The predicted octanol–water partition coefficient (Wildman–Crippen LogP) is 3.21. The normalized spacial score (nSPS) is 14.2. The van der Waals surface area contributed by atoms with Gasteiger partial charge in [0.1, 0.15) is 11.3 Å². The molecule has 7 heteroatoms. The molecule has 0 radical (unpaired) electrons. The number of para-hydroxylation sites is 1. The van der Waals surface area contributed by atoms with Gasteiger partial charge in [-0.2, -0.15) is 0 Å². The van der Waals surface area contributed by atoms with E-state index in [2.05, 4.69) is 4.72 Å². The quantitative estimate of drug-likeness (QED) is 0.736. The molecule has 0 atom stereocenters. The second-order valence-corrected chi connectivity index (χ2v) is 8.09. The molecule has 1 aromatic heterocycles. The Balaban J connectivity index is 1.78. The molecule has 1 amide bonds. The third-order valence-corrected chi connectivity index (χ3v) is 6.03. The number of primary amides is 1. The van der Waals surface area contributed by atoms with Crippen molar-refractivity contribution in [2.75, 3.05) is 4.72 Å². The number of benzene rings is 2. The Bertz CT molecular complexity index is 1120. The lowest BCUT2D eigenvalue weighted by atomic mass is 9.92. The molecule has 0 spiro atoms. The maximum Gasteiger partial charge on any atom is 0.286 e. The lowest BCUT2D eigenvalue weighted by molar-refractivity contribution is 0.0977. The van der Waals surface area contributed by atoms with Gasteiger partial charge in [0.15, 0.2) is 0 Å². The molecular formula is C19H18N2O4S. The van der Waals surface area contributed by atoms with E-state index in [1.165, 1.54) is 5.56 Å². The fourth-order valence-corrected chi connectivity index (χ4v) is 4.52. The summed E-state index contributed by atoms with van der Waals surface area (Å²) in [4.78, 5) is 11.9. The fraction of sp³-hybridized carbons (Fsp3) is 0.211. The predicted molar refractivity (Wildman–Crippen MR) is 98.6 cm³/mol. The molecule has 0 aliphatic heterocycles. The molecular weight excluding hydrogens is 352 g/mol. The van der Waals surface area contributed by atoms with Crippen LogP contribution in [0.5, 0.6) is 0 Å². The number of carbonyl (C=O) groups excluding carboxylic acids is 1. The first-order chi connectivity index (χ1) is 12.5. The van der Waals surface area contributed by atoms with Crippen LogP contribution in [-0.2, 0) is 22.9 Å².